The largest absolute Gasteiger partial charge is 0.357 e. The molecule has 0 atom stereocenters. The minimum atomic E-state index is -0.196. The number of hydrogen-bond donors (Lipinski definition) is 2. The van der Waals surface area contributed by atoms with E-state index in [-0.39, 0.29) is 11.8 Å². The first-order valence-electron chi connectivity index (χ1n) is 8.39. The van der Waals surface area contributed by atoms with Crippen molar-refractivity contribution < 1.29 is 9.18 Å². The predicted octanol–water partition coefficient (Wildman–Crippen LogP) is 3.46. The summed E-state index contributed by atoms with van der Waals surface area (Å²) in [6, 6.07) is 5.26. The molecule has 0 aliphatic carbocycles. The second kappa shape index (κ2) is 6.84. The van der Waals surface area contributed by atoms with Crippen LogP contribution in [-0.4, -0.2) is 34.0 Å². The highest BCUT2D eigenvalue weighted by Gasteiger charge is 2.19. The van der Waals surface area contributed by atoms with Crippen molar-refractivity contribution in [2.24, 2.45) is 0 Å². The molecule has 4 rings (SSSR count). The molecule has 1 aliphatic heterocycles. The highest BCUT2D eigenvalue weighted by atomic mass is 32.1. The maximum atomic E-state index is 14.3. The first-order chi connectivity index (χ1) is 12.2. The number of hydrogen-bond acceptors (Lipinski definition) is 3. The average Bonchev–Trinajstić information content (AvgIpc) is 3.17. The van der Waals surface area contributed by atoms with E-state index in [4.69, 9.17) is 0 Å². The molecule has 1 saturated heterocycles. The Morgan fingerprint density at radius 2 is 2.20 bits per heavy atom. The number of halogens is 1. The minimum Gasteiger partial charge on any atom is -0.357 e. The Bertz CT molecular complexity index is 886. The summed E-state index contributed by atoms with van der Waals surface area (Å²) in [5.74, 6) is -0.196. The van der Waals surface area contributed by atoms with Crippen LogP contribution in [0.15, 0.2) is 29.1 Å². The number of nitrogens with zero attached hydrogens (tertiary/aromatic N) is 2. The lowest BCUT2D eigenvalue weighted by molar-refractivity contribution is 0.167. The van der Waals surface area contributed by atoms with E-state index in [0.29, 0.717) is 18.5 Å². The number of carbonyl (C=O) groups excluding carboxylic acids is 1. The molecule has 130 valence electrons. The fourth-order valence-corrected chi connectivity index (χ4v) is 3.56. The van der Waals surface area contributed by atoms with Crippen LogP contribution < -0.4 is 5.32 Å². The van der Waals surface area contributed by atoms with E-state index in [1.54, 1.807) is 27.8 Å². The third kappa shape index (κ3) is 3.51. The lowest BCUT2D eigenvalue weighted by atomic mass is 10.1. The third-order valence-electron chi connectivity index (χ3n) is 4.55. The van der Waals surface area contributed by atoms with Crippen LogP contribution in [0.4, 0.5) is 9.18 Å². The Hall–Kier alpha value is -2.41. The lowest BCUT2D eigenvalue weighted by Crippen LogP contribution is -2.47. The number of benzene rings is 1. The number of aryl methyl sites for hydroxylation is 2. The van der Waals surface area contributed by atoms with Gasteiger partial charge in [-0.25, -0.2) is 14.2 Å². The van der Waals surface area contributed by atoms with Gasteiger partial charge in [0.05, 0.1) is 17.7 Å². The van der Waals surface area contributed by atoms with Gasteiger partial charge < -0.3 is 15.2 Å². The van der Waals surface area contributed by atoms with Crippen LogP contribution in [0.25, 0.3) is 10.9 Å². The van der Waals surface area contributed by atoms with Gasteiger partial charge in [0, 0.05) is 35.1 Å². The van der Waals surface area contributed by atoms with Crippen molar-refractivity contribution in [1.29, 1.82) is 0 Å². The molecule has 1 fully saturated rings. The van der Waals surface area contributed by atoms with E-state index in [2.05, 4.69) is 15.3 Å². The number of urea groups is 1. The fourth-order valence-electron chi connectivity index (χ4n) is 2.97. The molecule has 1 aliphatic rings. The van der Waals surface area contributed by atoms with Gasteiger partial charge in [0.25, 0.3) is 0 Å². The SMILES string of the molecule is O=C(NCc1cc2cc(F)c(CCc3cscn3)cc2[nH]1)N1CCC1. The van der Waals surface area contributed by atoms with Crippen LogP contribution in [-0.2, 0) is 19.4 Å². The molecule has 1 aromatic carbocycles. The van der Waals surface area contributed by atoms with Crippen molar-refractivity contribution in [3.8, 4) is 0 Å². The number of aromatic amines is 1. The van der Waals surface area contributed by atoms with E-state index in [0.717, 1.165) is 48.2 Å². The van der Waals surface area contributed by atoms with Gasteiger partial charge in [-0.3, -0.25) is 0 Å². The number of thiazole rings is 1. The Kier molecular flexibility index (Phi) is 4.40. The monoisotopic (exact) mass is 358 g/mol. The first kappa shape index (κ1) is 16.1. The van der Waals surface area contributed by atoms with E-state index >= 15 is 0 Å². The van der Waals surface area contributed by atoms with Gasteiger partial charge in [-0.05, 0) is 43.0 Å². The highest BCUT2D eigenvalue weighted by Crippen LogP contribution is 2.22. The van der Waals surface area contributed by atoms with Crippen LogP contribution in [0.3, 0.4) is 0 Å². The van der Waals surface area contributed by atoms with Crippen molar-refractivity contribution in [3.63, 3.8) is 0 Å². The maximum Gasteiger partial charge on any atom is 0.317 e. The van der Waals surface area contributed by atoms with Crippen molar-refractivity contribution in [3.05, 3.63) is 51.9 Å². The Labute approximate surface area is 148 Å². The summed E-state index contributed by atoms with van der Waals surface area (Å²) < 4.78 is 14.3. The number of carbonyl (C=O) groups is 1. The Balaban J connectivity index is 1.45. The quantitative estimate of drug-likeness (QED) is 0.734. The van der Waals surface area contributed by atoms with Gasteiger partial charge >= 0.3 is 6.03 Å². The van der Waals surface area contributed by atoms with Crippen molar-refractivity contribution in [1.82, 2.24) is 20.2 Å². The molecule has 7 heteroatoms. The van der Waals surface area contributed by atoms with Gasteiger partial charge in [-0.2, -0.15) is 0 Å². The van der Waals surface area contributed by atoms with Crippen LogP contribution in [0.1, 0.15) is 23.4 Å². The lowest BCUT2D eigenvalue weighted by Gasteiger charge is -2.30. The molecule has 2 N–H and O–H groups in total. The zero-order valence-corrected chi connectivity index (χ0v) is 14.5. The van der Waals surface area contributed by atoms with E-state index < -0.39 is 0 Å². The molecular formula is C18H19FN4OS. The van der Waals surface area contributed by atoms with Gasteiger partial charge in [0.2, 0.25) is 0 Å². The van der Waals surface area contributed by atoms with Crippen molar-refractivity contribution in [2.75, 3.05) is 13.1 Å². The number of H-pyrrole nitrogens is 1. The molecule has 5 nitrogen and oxygen atoms in total. The van der Waals surface area contributed by atoms with Crippen molar-refractivity contribution in [2.45, 2.75) is 25.8 Å². The molecule has 2 amide bonds. The highest BCUT2D eigenvalue weighted by molar-refractivity contribution is 7.07. The van der Waals surface area contributed by atoms with Crippen LogP contribution in [0.2, 0.25) is 0 Å². The summed E-state index contributed by atoms with van der Waals surface area (Å²) in [6.07, 6.45) is 2.42. The molecule has 0 bridgehead atoms. The van der Waals surface area contributed by atoms with Gasteiger partial charge in [-0.1, -0.05) is 0 Å². The molecule has 2 aromatic heterocycles. The number of fused-ring (bicyclic) bond motifs is 1. The van der Waals surface area contributed by atoms with Crippen LogP contribution in [0.5, 0.6) is 0 Å². The summed E-state index contributed by atoms with van der Waals surface area (Å²) in [6.45, 7) is 2.07. The van der Waals surface area contributed by atoms with Crippen LogP contribution in [0, 0.1) is 5.82 Å². The standard InChI is InChI=1S/C18H19FN4OS/c19-16-7-13-6-15(9-20-18(24)23-4-1-5-23)22-17(13)8-12(16)2-3-14-10-25-11-21-14/h6-8,10-11,22H,1-5,9H2,(H,20,24). The summed E-state index contributed by atoms with van der Waals surface area (Å²) in [4.78, 5) is 21.1. The Morgan fingerprint density at radius 1 is 1.32 bits per heavy atom. The molecule has 25 heavy (non-hydrogen) atoms. The second-order valence-corrected chi connectivity index (χ2v) is 7.02. The number of rotatable bonds is 5. The maximum absolute atomic E-state index is 14.3. The minimum absolute atomic E-state index is 0.0416. The number of aromatic nitrogens is 2. The molecule has 0 saturated carbocycles. The predicted molar refractivity (Wildman–Crippen MR) is 96.2 cm³/mol. The molecule has 3 aromatic rings. The normalized spacial score (nSPS) is 13.9. The van der Waals surface area contributed by atoms with Gasteiger partial charge in [0.15, 0.2) is 0 Å². The van der Waals surface area contributed by atoms with E-state index in [1.165, 1.54) is 0 Å². The topological polar surface area (TPSA) is 61.0 Å². The summed E-state index contributed by atoms with van der Waals surface area (Å²) in [7, 11) is 0. The summed E-state index contributed by atoms with van der Waals surface area (Å²) >= 11 is 1.55. The second-order valence-electron chi connectivity index (χ2n) is 6.30. The molecule has 3 heterocycles. The third-order valence-corrected chi connectivity index (χ3v) is 5.19. The molecule has 0 unspecified atom stereocenters. The zero-order chi connectivity index (χ0) is 17.2. The fraction of sp³-hybridized carbons (Fsp3) is 0.333. The number of likely N-dealkylation sites (tertiary alicyclic amines) is 1. The molecular weight excluding hydrogens is 339 g/mol. The molecule has 0 radical (unpaired) electrons. The van der Waals surface area contributed by atoms with Gasteiger partial charge in [0.1, 0.15) is 5.82 Å². The first-order valence-corrected chi connectivity index (χ1v) is 9.33. The zero-order valence-electron chi connectivity index (χ0n) is 13.7. The molecule has 0 spiro atoms. The van der Waals surface area contributed by atoms with Gasteiger partial charge in [-0.15, -0.1) is 11.3 Å². The smallest absolute Gasteiger partial charge is 0.317 e. The number of amides is 2. The Morgan fingerprint density at radius 3 is 2.92 bits per heavy atom. The average molecular weight is 358 g/mol. The summed E-state index contributed by atoms with van der Waals surface area (Å²) in [5, 5.41) is 5.70. The van der Waals surface area contributed by atoms with E-state index in [9.17, 15) is 9.18 Å². The van der Waals surface area contributed by atoms with E-state index in [1.807, 2.05) is 17.5 Å². The summed E-state index contributed by atoms with van der Waals surface area (Å²) in [5.41, 5.74) is 5.23. The number of nitrogens with one attached hydrogen (secondary N) is 2. The van der Waals surface area contributed by atoms with Crippen LogP contribution >= 0.6 is 11.3 Å². The van der Waals surface area contributed by atoms with Crippen molar-refractivity contribution >= 4 is 28.3 Å².